The second-order valence-corrected chi connectivity index (χ2v) is 15.8. The fourth-order valence-electron chi connectivity index (χ4n) is 6.91. The maximum atomic E-state index is 14.2. The smallest absolute Gasteiger partial charge is 0.419 e. The van der Waals surface area contributed by atoms with Crippen LogP contribution < -0.4 is 10.6 Å². The van der Waals surface area contributed by atoms with Crippen molar-refractivity contribution >= 4 is 41.0 Å². The van der Waals surface area contributed by atoms with Gasteiger partial charge in [0.25, 0.3) is 5.91 Å². The van der Waals surface area contributed by atoms with E-state index in [9.17, 15) is 37.1 Å². The fourth-order valence-corrected chi connectivity index (χ4v) is 7.75. The number of carbonyl (C=O) groups is 5. The lowest BCUT2D eigenvalue weighted by Crippen LogP contribution is -2.61. The summed E-state index contributed by atoms with van der Waals surface area (Å²) in [6, 6.07) is -2.44. The predicted molar refractivity (Wildman–Crippen MR) is 197 cm³/mol. The van der Waals surface area contributed by atoms with Crippen LogP contribution >= 0.6 is 11.3 Å². The first-order valence-electron chi connectivity index (χ1n) is 18.6. The first-order chi connectivity index (χ1) is 26.4. The molecule has 0 radical (unpaired) electrons. The number of esters is 2. The summed E-state index contributed by atoms with van der Waals surface area (Å²) in [6.07, 6.45) is -1.56. The van der Waals surface area contributed by atoms with Crippen molar-refractivity contribution in [3.63, 3.8) is 0 Å². The zero-order valence-electron chi connectivity index (χ0n) is 32.8. The number of aromatic nitrogens is 3. The Kier molecular flexibility index (Phi) is 15.7. The van der Waals surface area contributed by atoms with Crippen molar-refractivity contribution < 1.29 is 51.4 Å². The molecule has 0 aliphatic carbocycles. The average molecular weight is 812 g/mol. The van der Waals surface area contributed by atoms with E-state index >= 15 is 0 Å². The minimum atomic E-state index is -4.63. The third-order valence-electron chi connectivity index (χ3n) is 10.2. The number of ether oxygens (including phenoxy) is 3. The molecule has 4 rings (SSSR count). The van der Waals surface area contributed by atoms with Gasteiger partial charge >= 0.3 is 18.1 Å². The van der Waals surface area contributed by atoms with Crippen LogP contribution in [0.1, 0.15) is 92.8 Å². The third-order valence-corrected chi connectivity index (χ3v) is 11.2. The highest BCUT2D eigenvalue weighted by Crippen LogP contribution is 2.32. The van der Waals surface area contributed by atoms with Crippen LogP contribution in [0.4, 0.5) is 13.2 Å². The quantitative estimate of drug-likeness (QED) is 0.222. The highest BCUT2D eigenvalue weighted by atomic mass is 32.1. The Hall–Kier alpha value is -4.23. The first-order valence-corrected chi connectivity index (χ1v) is 19.5. The highest BCUT2D eigenvalue weighted by Gasteiger charge is 2.41. The van der Waals surface area contributed by atoms with Gasteiger partial charge in [0.05, 0.1) is 37.8 Å². The summed E-state index contributed by atoms with van der Waals surface area (Å²) >= 11 is 1.07. The number of likely N-dealkylation sites (N-methyl/N-ethyl adjacent to an activating group) is 2. The van der Waals surface area contributed by atoms with Gasteiger partial charge in [0.15, 0.2) is 6.10 Å². The van der Waals surface area contributed by atoms with Gasteiger partial charge in [-0.25, -0.2) is 15.0 Å². The van der Waals surface area contributed by atoms with Gasteiger partial charge < -0.3 is 29.7 Å². The number of methoxy groups -OCH3 is 1. The van der Waals surface area contributed by atoms with Gasteiger partial charge in [-0.1, -0.05) is 27.2 Å². The molecule has 310 valence electrons. The Morgan fingerprint density at radius 1 is 1.07 bits per heavy atom. The average Bonchev–Trinajstić information content (AvgIpc) is 3.62. The lowest BCUT2D eigenvalue weighted by atomic mass is 9.92. The van der Waals surface area contributed by atoms with Gasteiger partial charge in [0.1, 0.15) is 22.6 Å². The number of piperidine rings is 1. The molecule has 2 aliphatic heterocycles. The number of alkyl halides is 3. The van der Waals surface area contributed by atoms with E-state index in [0.29, 0.717) is 37.0 Å². The molecule has 4 heterocycles. The van der Waals surface area contributed by atoms with Gasteiger partial charge in [-0.3, -0.25) is 28.9 Å². The van der Waals surface area contributed by atoms with Gasteiger partial charge in [0.2, 0.25) is 11.8 Å². The summed E-state index contributed by atoms with van der Waals surface area (Å²) in [7, 11) is 4.77. The molecule has 0 unspecified atom stereocenters. The molecule has 15 nitrogen and oxygen atoms in total. The van der Waals surface area contributed by atoms with Crippen LogP contribution in [0.3, 0.4) is 0 Å². The molecular weight excluding hydrogens is 760 g/mol. The predicted octanol–water partition coefficient (Wildman–Crippen LogP) is 3.59. The first kappa shape index (κ1) is 44.5. The van der Waals surface area contributed by atoms with E-state index in [4.69, 9.17) is 14.2 Å². The van der Waals surface area contributed by atoms with Crippen molar-refractivity contribution in [2.45, 2.75) is 103 Å². The van der Waals surface area contributed by atoms with Crippen LogP contribution in [-0.4, -0.2) is 120 Å². The van der Waals surface area contributed by atoms with Crippen LogP contribution in [0.5, 0.6) is 0 Å². The Balaban J connectivity index is 1.51. The molecular formula is C37H52F3N7O8S. The van der Waals surface area contributed by atoms with Crippen molar-refractivity contribution in [1.82, 2.24) is 35.4 Å². The van der Waals surface area contributed by atoms with Crippen LogP contribution in [0, 0.1) is 17.8 Å². The van der Waals surface area contributed by atoms with Crippen molar-refractivity contribution in [3.05, 3.63) is 39.9 Å². The standard InChI is InChI=1S/C37H52F3N7O8S/c1-20(2)28(47(6)35(51)31(23-17-54-18-23)45-33(50)27-10-8-9-11-46(27)5)14-29(55-22(4)48)34-44-26(19-56-34)32(49)43-25(12-21(3)36(52)53-7)13-30-41-15-24(16-42-30)37(38,39)40/h15-16,19-21,23,25,27-29,31H,8-14,17-18H2,1-7H3,(H,43,49)(H,45,50)/t21-,25+,27+,28+,29+,31-/m0/s1. The molecule has 2 fully saturated rings. The van der Waals surface area contributed by atoms with Gasteiger partial charge in [-0.15, -0.1) is 11.3 Å². The second-order valence-electron chi connectivity index (χ2n) is 14.9. The maximum Gasteiger partial charge on any atom is 0.419 e. The van der Waals surface area contributed by atoms with E-state index in [-0.39, 0.29) is 60.5 Å². The number of carbonyl (C=O) groups excluding carboxylic acids is 5. The highest BCUT2D eigenvalue weighted by molar-refractivity contribution is 7.09. The summed E-state index contributed by atoms with van der Waals surface area (Å²) in [5, 5.41) is 7.56. The minimum absolute atomic E-state index is 0.0145. The van der Waals surface area contributed by atoms with E-state index in [1.807, 2.05) is 25.8 Å². The molecule has 6 atom stereocenters. The van der Waals surface area contributed by atoms with Gasteiger partial charge in [-0.05, 0) is 38.8 Å². The van der Waals surface area contributed by atoms with E-state index in [1.54, 1.807) is 18.9 Å². The monoisotopic (exact) mass is 811 g/mol. The van der Waals surface area contributed by atoms with Crippen LogP contribution in [-0.2, 0) is 46.0 Å². The van der Waals surface area contributed by atoms with Crippen molar-refractivity contribution in [2.75, 3.05) is 41.0 Å². The topological polar surface area (TPSA) is 182 Å². The molecule has 2 aromatic heterocycles. The number of hydrogen-bond acceptors (Lipinski definition) is 13. The third kappa shape index (κ3) is 11.9. The lowest BCUT2D eigenvalue weighted by molar-refractivity contribution is -0.151. The molecule has 0 bridgehead atoms. The molecule has 0 saturated carbocycles. The van der Waals surface area contributed by atoms with E-state index in [1.165, 1.54) is 19.4 Å². The van der Waals surface area contributed by atoms with E-state index in [0.717, 1.165) is 30.7 Å². The van der Waals surface area contributed by atoms with Crippen molar-refractivity contribution in [1.29, 1.82) is 0 Å². The molecule has 2 N–H and O–H groups in total. The Labute approximate surface area is 328 Å². The number of halogens is 3. The molecule has 2 aliphatic rings. The maximum absolute atomic E-state index is 14.2. The number of hydrogen-bond donors (Lipinski definition) is 2. The Bertz CT molecular complexity index is 1670. The molecule has 0 spiro atoms. The normalized spacial score (nSPS) is 19.2. The zero-order valence-corrected chi connectivity index (χ0v) is 33.6. The van der Waals surface area contributed by atoms with Gasteiger partial charge in [0, 0.05) is 62.6 Å². The largest absolute Gasteiger partial charge is 0.469 e. The molecule has 19 heteroatoms. The number of nitrogens with one attached hydrogen (secondary N) is 2. The summed E-state index contributed by atoms with van der Waals surface area (Å²) in [5.41, 5.74) is -1.06. The second kappa shape index (κ2) is 19.8. The van der Waals surface area contributed by atoms with Crippen LogP contribution in [0.15, 0.2) is 17.8 Å². The number of nitrogens with zero attached hydrogens (tertiary/aromatic N) is 5. The van der Waals surface area contributed by atoms with Crippen LogP contribution in [0.25, 0.3) is 0 Å². The summed E-state index contributed by atoms with van der Waals surface area (Å²) in [4.78, 5) is 81.4. The number of thiazole rings is 1. The number of rotatable bonds is 17. The van der Waals surface area contributed by atoms with E-state index < -0.39 is 59.7 Å². The zero-order chi connectivity index (χ0) is 41.3. The minimum Gasteiger partial charge on any atom is -0.469 e. The summed E-state index contributed by atoms with van der Waals surface area (Å²) in [6.45, 7) is 8.13. The Morgan fingerprint density at radius 2 is 1.75 bits per heavy atom. The summed E-state index contributed by atoms with van der Waals surface area (Å²) in [5.74, 6) is -3.31. The van der Waals surface area contributed by atoms with E-state index in [2.05, 4.69) is 25.6 Å². The van der Waals surface area contributed by atoms with Crippen LogP contribution in [0.2, 0.25) is 0 Å². The molecule has 56 heavy (non-hydrogen) atoms. The molecule has 0 aromatic carbocycles. The van der Waals surface area contributed by atoms with Crippen molar-refractivity contribution in [3.8, 4) is 0 Å². The van der Waals surface area contributed by atoms with Crippen molar-refractivity contribution in [2.24, 2.45) is 17.8 Å². The SMILES string of the molecule is COC(=O)[C@@H](C)C[C@H](Cc1ncc(C(F)(F)F)cn1)NC(=O)c1csc([C@@H](C[C@H](C(C)C)N(C)C(=O)[C@@H](NC(=O)[C@H]2CCCCN2C)C2COC2)OC(C)=O)n1. The fraction of sp³-hybridized carbons (Fsp3) is 0.676. The molecule has 2 saturated heterocycles. The summed E-state index contributed by atoms with van der Waals surface area (Å²) < 4.78 is 55.2. The molecule has 3 amide bonds. The lowest BCUT2D eigenvalue weighted by Gasteiger charge is -2.40. The number of amides is 3. The number of likely N-dealkylation sites (tertiary alicyclic amines) is 1. The van der Waals surface area contributed by atoms with Gasteiger partial charge in [-0.2, -0.15) is 13.2 Å². The Morgan fingerprint density at radius 3 is 2.30 bits per heavy atom. The molecule has 2 aromatic rings.